The molecule has 0 unspecified atom stereocenters. The molecule has 1 N–H and O–H groups in total. The van der Waals surface area contributed by atoms with Crippen LogP contribution in [0.1, 0.15) is 16.7 Å². The van der Waals surface area contributed by atoms with Gasteiger partial charge in [-0.3, -0.25) is 0 Å². The number of benzene rings is 3. The molecule has 3 aromatic rings. The van der Waals surface area contributed by atoms with Gasteiger partial charge >= 0.3 is 0 Å². The Hall–Kier alpha value is -2.58. The fourth-order valence-electron chi connectivity index (χ4n) is 2.60. The summed E-state index contributed by atoms with van der Waals surface area (Å²) in [5.41, 5.74) is 3.79. The van der Waals surface area contributed by atoms with E-state index in [4.69, 9.17) is 4.74 Å². The standard InChI is InChI=1S/C22H23NO/c1-3-8-19(9-4-1)14-15-23-17-21-12-7-13-22(16-21)24-18-20-10-5-2-6-11-20/h1-13,16,23H,14-15,17-18H2. The molecular formula is C22H23NO. The molecule has 0 saturated heterocycles. The highest BCUT2D eigenvalue weighted by Gasteiger charge is 1.99. The third-order valence-electron chi connectivity index (χ3n) is 3.91. The van der Waals surface area contributed by atoms with E-state index in [0.29, 0.717) is 6.61 Å². The molecule has 24 heavy (non-hydrogen) atoms. The van der Waals surface area contributed by atoms with Gasteiger partial charge in [-0.25, -0.2) is 0 Å². The zero-order valence-electron chi connectivity index (χ0n) is 13.8. The fourth-order valence-corrected chi connectivity index (χ4v) is 2.60. The van der Waals surface area contributed by atoms with Gasteiger partial charge in [-0.15, -0.1) is 0 Å². The summed E-state index contributed by atoms with van der Waals surface area (Å²) in [4.78, 5) is 0. The molecule has 3 aromatic carbocycles. The normalized spacial score (nSPS) is 10.5. The molecule has 0 heterocycles. The van der Waals surface area contributed by atoms with E-state index in [2.05, 4.69) is 66.0 Å². The van der Waals surface area contributed by atoms with E-state index in [-0.39, 0.29) is 0 Å². The first-order chi connectivity index (χ1) is 11.9. The third kappa shape index (κ3) is 5.25. The molecular weight excluding hydrogens is 294 g/mol. The minimum atomic E-state index is 0.603. The van der Waals surface area contributed by atoms with Crippen LogP contribution < -0.4 is 10.1 Å². The Bertz CT molecular complexity index is 725. The average Bonchev–Trinajstić information content (AvgIpc) is 2.66. The van der Waals surface area contributed by atoms with E-state index >= 15 is 0 Å². The summed E-state index contributed by atoms with van der Waals surface area (Å²) in [6, 6.07) is 29.1. The van der Waals surface area contributed by atoms with E-state index in [1.807, 2.05) is 24.3 Å². The van der Waals surface area contributed by atoms with Crippen LogP contribution in [-0.4, -0.2) is 6.54 Å². The van der Waals surface area contributed by atoms with Gasteiger partial charge in [-0.2, -0.15) is 0 Å². The Labute approximate surface area is 144 Å². The summed E-state index contributed by atoms with van der Waals surface area (Å²) in [6.07, 6.45) is 1.05. The molecule has 0 aliphatic carbocycles. The van der Waals surface area contributed by atoms with Crippen molar-refractivity contribution in [3.05, 3.63) is 102 Å². The van der Waals surface area contributed by atoms with Crippen LogP contribution in [0.15, 0.2) is 84.9 Å². The second-order valence-electron chi connectivity index (χ2n) is 5.83. The van der Waals surface area contributed by atoms with Crippen molar-refractivity contribution >= 4 is 0 Å². The molecule has 3 rings (SSSR count). The second kappa shape index (κ2) is 8.90. The summed E-state index contributed by atoms with van der Waals surface area (Å²) in [6.45, 7) is 2.43. The van der Waals surface area contributed by atoms with Crippen molar-refractivity contribution in [1.82, 2.24) is 5.32 Å². The molecule has 2 heteroatoms. The van der Waals surface area contributed by atoms with Gasteiger partial charge in [0.1, 0.15) is 12.4 Å². The van der Waals surface area contributed by atoms with Crippen LogP contribution in [0.3, 0.4) is 0 Å². The maximum absolute atomic E-state index is 5.88. The molecule has 0 aliphatic rings. The molecule has 0 radical (unpaired) electrons. The van der Waals surface area contributed by atoms with Crippen LogP contribution >= 0.6 is 0 Å². The monoisotopic (exact) mass is 317 g/mol. The quantitative estimate of drug-likeness (QED) is 0.613. The highest BCUT2D eigenvalue weighted by atomic mass is 16.5. The van der Waals surface area contributed by atoms with Crippen LogP contribution in [0.4, 0.5) is 0 Å². The molecule has 0 aromatic heterocycles. The van der Waals surface area contributed by atoms with Gasteiger partial charge in [0, 0.05) is 6.54 Å². The second-order valence-corrected chi connectivity index (χ2v) is 5.83. The summed E-state index contributed by atoms with van der Waals surface area (Å²) < 4.78 is 5.88. The highest BCUT2D eigenvalue weighted by Crippen LogP contribution is 2.15. The van der Waals surface area contributed by atoms with Gasteiger partial charge in [-0.05, 0) is 41.8 Å². The SMILES string of the molecule is c1ccc(CCNCc2cccc(OCc3ccccc3)c2)cc1. The van der Waals surface area contributed by atoms with E-state index in [1.165, 1.54) is 16.7 Å². The van der Waals surface area contributed by atoms with E-state index in [0.717, 1.165) is 25.3 Å². The smallest absolute Gasteiger partial charge is 0.120 e. The van der Waals surface area contributed by atoms with Crippen molar-refractivity contribution in [2.75, 3.05) is 6.54 Å². The molecule has 0 atom stereocenters. The van der Waals surface area contributed by atoms with Gasteiger partial charge in [-0.1, -0.05) is 72.8 Å². The number of rotatable bonds is 8. The van der Waals surface area contributed by atoms with Crippen molar-refractivity contribution < 1.29 is 4.74 Å². The summed E-state index contributed by atoms with van der Waals surface area (Å²) >= 11 is 0. The van der Waals surface area contributed by atoms with Crippen LogP contribution in [0.5, 0.6) is 5.75 Å². The number of hydrogen-bond acceptors (Lipinski definition) is 2. The first-order valence-corrected chi connectivity index (χ1v) is 8.40. The van der Waals surface area contributed by atoms with E-state index < -0.39 is 0 Å². The maximum Gasteiger partial charge on any atom is 0.120 e. The molecule has 0 amide bonds. The van der Waals surface area contributed by atoms with Gasteiger partial charge in [0.15, 0.2) is 0 Å². The summed E-state index contributed by atoms with van der Waals surface area (Å²) in [5, 5.41) is 3.50. The lowest BCUT2D eigenvalue weighted by atomic mass is 10.1. The molecule has 0 saturated carbocycles. The largest absolute Gasteiger partial charge is 0.489 e. The van der Waals surface area contributed by atoms with E-state index in [1.54, 1.807) is 0 Å². The molecule has 0 bridgehead atoms. The van der Waals surface area contributed by atoms with Crippen molar-refractivity contribution in [3.8, 4) is 5.75 Å². The van der Waals surface area contributed by atoms with Crippen molar-refractivity contribution in [2.24, 2.45) is 0 Å². The van der Waals surface area contributed by atoms with Crippen molar-refractivity contribution in [2.45, 2.75) is 19.6 Å². The van der Waals surface area contributed by atoms with Gasteiger partial charge < -0.3 is 10.1 Å². The predicted octanol–water partition coefficient (Wildman–Crippen LogP) is 4.60. The number of nitrogens with one attached hydrogen (secondary N) is 1. The molecule has 0 spiro atoms. The number of hydrogen-bond donors (Lipinski definition) is 1. The minimum Gasteiger partial charge on any atom is -0.489 e. The Morgan fingerprint density at radius 2 is 1.33 bits per heavy atom. The van der Waals surface area contributed by atoms with Crippen LogP contribution in [-0.2, 0) is 19.6 Å². The van der Waals surface area contributed by atoms with E-state index in [9.17, 15) is 0 Å². The van der Waals surface area contributed by atoms with Crippen LogP contribution in [0, 0.1) is 0 Å². The Kier molecular flexibility index (Phi) is 6.04. The van der Waals surface area contributed by atoms with Crippen LogP contribution in [0.2, 0.25) is 0 Å². The third-order valence-corrected chi connectivity index (χ3v) is 3.91. The summed E-state index contributed by atoms with van der Waals surface area (Å²) in [7, 11) is 0. The maximum atomic E-state index is 5.88. The Morgan fingerprint density at radius 3 is 2.08 bits per heavy atom. The molecule has 2 nitrogen and oxygen atoms in total. The lowest BCUT2D eigenvalue weighted by Crippen LogP contribution is -2.16. The van der Waals surface area contributed by atoms with Crippen molar-refractivity contribution in [3.63, 3.8) is 0 Å². The zero-order chi connectivity index (χ0) is 16.5. The molecule has 0 fully saturated rings. The predicted molar refractivity (Wildman–Crippen MR) is 99.1 cm³/mol. The molecule has 0 aliphatic heterocycles. The minimum absolute atomic E-state index is 0.603. The van der Waals surface area contributed by atoms with Gasteiger partial charge in [0.2, 0.25) is 0 Å². The summed E-state index contributed by atoms with van der Waals surface area (Å²) in [5.74, 6) is 0.918. The zero-order valence-corrected chi connectivity index (χ0v) is 13.8. The fraction of sp³-hybridized carbons (Fsp3) is 0.182. The van der Waals surface area contributed by atoms with Gasteiger partial charge in [0.05, 0.1) is 0 Å². The Morgan fingerprint density at radius 1 is 0.667 bits per heavy atom. The van der Waals surface area contributed by atoms with Gasteiger partial charge in [0.25, 0.3) is 0 Å². The van der Waals surface area contributed by atoms with Crippen molar-refractivity contribution in [1.29, 1.82) is 0 Å². The first kappa shape index (κ1) is 16.3. The van der Waals surface area contributed by atoms with Crippen LogP contribution in [0.25, 0.3) is 0 Å². The Balaban J connectivity index is 1.45. The average molecular weight is 317 g/mol. The highest BCUT2D eigenvalue weighted by molar-refractivity contribution is 5.29. The molecule has 122 valence electrons. The first-order valence-electron chi connectivity index (χ1n) is 8.40. The number of ether oxygens (including phenoxy) is 1. The topological polar surface area (TPSA) is 21.3 Å². The lowest BCUT2D eigenvalue weighted by Gasteiger charge is -2.09. The lowest BCUT2D eigenvalue weighted by molar-refractivity contribution is 0.306.